The van der Waals surface area contributed by atoms with Crippen molar-refractivity contribution in [1.29, 1.82) is 0 Å². The molecule has 20 heavy (non-hydrogen) atoms. The van der Waals surface area contributed by atoms with E-state index in [0.717, 1.165) is 37.2 Å². The summed E-state index contributed by atoms with van der Waals surface area (Å²) >= 11 is 5.87. The van der Waals surface area contributed by atoms with Gasteiger partial charge in [-0.05, 0) is 42.3 Å². The molecule has 1 fully saturated rings. The molecule has 2 N–H and O–H groups in total. The van der Waals surface area contributed by atoms with E-state index in [1.54, 1.807) is 12.1 Å². The Hall–Kier alpha value is -1.10. The fourth-order valence-electron chi connectivity index (χ4n) is 2.69. The van der Waals surface area contributed by atoms with E-state index in [-0.39, 0.29) is 24.4 Å². The van der Waals surface area contributed by atoms with Gasteiger partial charge >= 0.3 is 0 Å². The Morgan fingerprint density at radius 1 is 1.35 bits per heavy atom. The van der Waals surface area contributed by atoms with Crippen LogP contribution in [-0.4, -0.2) is 35.7 Å². The molecule has 1 aromatic rings. The van der Waals surface area contributed by atoms with Crippen LogP contribution in [-0.2, 0) is 0 Å². The summed E-state index contributed by atoms with van der Waals surface area (Å²) in [6.07, 6.45) is 2.29. The molecule has 0 saturated carbocycles. The molecule has 0 aliphatic carbocycles. The predicted octanol–water partition coefficient (Wildman–Crippen LogP) is 2.62. The molecule has 1 saturated heterocycles. The summed E-state index contributed by atoms with van der Waals surface area (Å²) in [5.74, 6) is -0.541. The predicted molar refractivity (Wildman–Crippen MR) is 79.0 cm³/mol. The van der Waals surface area contributed by atoms with Gasteiger partial charge in [0, 0.05) is 24.7 Å². The van der Waals surface area contributed by atoms with Gasteiger partial charge in [-0.1, -0.05) is 18.7 Å². The van der Waals surface area contributed by atoms with Gasteiger partial charge in [0.15, 0.2) is 0 Å². The maximum absolute atomic E-state index is 13.0. The molecule has 3 nitrogen and oxygen atoms in total. The second-order valence-corrected chi connectivity index (χ2v) is 5.33. The summed E-state index contributed by atoms with van der Waals surface area (Å²) in [7, 11) is 0. The number of aliphatic hydroxyl groups is 1. The first-order valence-electron chi connectivity index (χ1n) is 6.83. The smallest absolute Gasteiger partial charge is 0.123 e. The van der Waals surface area contributed by atoms with Crippen molar-refractivity contribution in [2.45, 2.75) is 24.8 Å². The van der Waals surface area contributed by atoms with E-state index in [2.05, 4.69) is 16.3 Å². The maximum atomic E-state index is 13.0. The molecule has 2 atom stereocenters. The van der Waals surface area contributed by atoms with E-state index in [0.29, 0.717) is 0 Å². The summed E-state index contributed by atoms with van der Waals surface area (Å²) in [4.78, 5) is 4.91. The standard InChI is InChI=1S/C15H20ClFN2O/c1-11(19-8-2-3-9-19)15(18-16)14(10-20)12-4-6-13(17)7-5-12/h4-7,14-15,18,20H,1-3,8-10H2. The van der Waals surface area contributed by atoms with Crippen LogP contribution in [0.4, 0.5) is 4.39 Å². The van der Waals surface area contributed by atoms with Gasteiger partial charge < -0.3 is 10.0 Å². The first kappa shape index (κ1) is 15.3. The monoisotopic (exact) mass is 298 g/mol. The van der Waals surface area contributed by atoms with Crippen molar-refractivity contribution < 1.29 is 9.50 Å². The number of hydrogen-bond acceptors (Lipinski definition) is 3. The van der Waals surface area contributed by atoms with E-state index in [1.807, 2.05) is 0 Å². The van der Waals surface area contributed by atoms with Crippen LogP contribution in [0.2, 0.25) is 0 Å². The molecule has 110 valence electrons. The molecular formula is C15H20ClFN2O. The molecule has 1 aliphatic rings. The third kappa shape index (κ3) is 3.32. The van der Waals surface area contributed by atoms with Gasteiger partial charge in [-0.2, -0.15) is 0 Å². The van der Waals surface area contributed by atoms with E-state index in [9.17, 15) is 9.50 Å². The maximum Gasteiger partial charge on any atom is 0.123 e. The number of aliphatic hydroxyl groups excluding tert-OH is 1. The zero-order chi connectivity index (χ0) is 14.5. The summed E-state index contributed by atoms with van der Waals surface area (Å²) < 4.78 is 13.0. The minimum absolute atomic E-state index is 0.0805. The summed E-state index contributed by atoms with van der Waals surface area (Å²) in [5.41, 5.74) is 1.72. The lowest BCUT2D eigenvalue weighted by molar-refractivity contribution is 0.238. The normalized spacial score (nSPS) is 18.1. The average molecular weight is 299 g/mol. The van der Waals surface area contributed by atoms with E-state index < -0.39 is 0 Å². The lowest BCUT2D eigenvalue weighted by Gasteiger charge is -2.32. The van der Waals surface area contributed by atoms with Crippen molar-refractivity contribution >= 4 is 11.8 Å². The molecule has 2 unspecified atom stereocenters. The van der Waals surface area contributed by atoms with Crippen LogP contribution >= 0.6 is 11.8 Å². The van der Waals surface area contributed by atoms with Gasteiger partial charge in [-0.3, -0.25) is 0 Å². The second-order valence-electron chi connectivity index (χ2n) is 5.11. The van der Waals surface area contributed by atoms with Crippen LogP contribution in [0.25, 0.3) is 0 Å². The van der Waals surface area contributed by atoms with Crippen molar-refractivity contribution in [2.24, 2.45) is 0 Å². The largest absolute Gasteiger partial charge is 0.396 e. The third-order valence-corrected chi connectivity index (χ3v) is 4.12. The van der Waals surface area contributed by atoms with Crippen LogP contribution in [0, 0.1) is 5.82 Å². The van der Waals surface area contributed by atoms with Crippen LogP contribution in [0.15, 0.2) is 36.5 Å². The highest BCUT2D eigenvalue weighted by molar-refractivity contribution is 6.13. The van der Waals surface area contributed by atoms with Crippen LogP contribution < -0.4 is 4.84 Å². The van der Waals surface area contributed by atoms with Crippen molar-refractivity contribution in [2.75, 3.05) is 19.7 Å². The Labute approximate surface area is 124 Å². The Morgan fingerprint density at radius 2 is 1.95 bits per heavy atom. The second kappa shape index (κ2) is 7.07. The fourth-order valence-corrected chi connectivity index (χ4v) is 2.96. The minimum atomic E-state index is -0.292. The highest BCUT2D eigenvalue weighted by Crippen LogP contribution is 2.27. The molecule has 1 heterocycles. The van der Waals surface area contributed by atoms with Gasteiger partial charge in [0.1, 0.15) is 5.82 Å². The molecule has 0 aromatic heterocycles. The number of nitrogens with one attached hydrogen (secondary N) is 1. The highest BCUT2D eigenvalue weighted by atomic mass is 35.5. The van der Waals surface area contributed by atoms with Gasteiger partial charge in [-0.15, -0.1) is 0 Å². The van der Waals surface area contributed by atoms with Gasteiger partial charge in [-0.25, -0.2) is 9.23 Å². The van der Waals surface area contributed by atoms with Crippen LogP contribution in [0.1, 0.15) is 24.3 Å². The molecule has 0 bridgehead atoms. The number of halogens is 2. The molecule has 0 amide bonds. The molecular weight excluding hydrogens is 279 g/mol. The summed E-state index contributed by atoms with van der Waals surface area (Å²) in [6, 6.07) is 5.86. The Balaban J connectivity index is 2.18. The topological polar surface area (TPSA) is 35.5 Å². The van der Waals surface area contributed by atoms with Crippen LogP contribution in [0.3, 0.4) is 0 Å². The van der Waals surface area contributed by atoms with Gasteiger partial charge in [0.05, 0.1) is 12.6 Å². The van der Waals surface area contributed by atoms with Gasteiger partial charge in [0.25, 0.3) is 0 Å². The summed E-state index contributed by atoms with van der Waals surface area (Å²) in [6.45, 7) is 5.97. The lowest BCUT2D eigenvalue weighted by atomic mass is 9.90. The highest BCUT2D eigenvalue weighted by Gasteiger charge is 2.28. The molecule has 2 rings (SSSR count). The van der Waals surface area contributed by atoms with E-state index in [1.165, 1.54) is 12.1 Å². The zero-order valence-electron chi connectivity index (χ0n) is 11.4. The lowest BCUT2D eigenvalue weighted by Crippen LogP contribution is -2.39. The number of likely N-dealkylation sites (tertiary alicyclic amines) is 1. The molecule has 0 spiro atoms. The minimum Gasteiger partial charge on any atom is -0.396 e. The number of benzene rings is 1. The number of rotatable bonds is 6. The first-order chi connectivity index (χ1) is 9.67. The number of nitrogens with zero attached hydrogens (tertiary/aromatic N) is 1. The van der Waals surface area contributed by atoms with Crippen molar-refractivity contribution in [3.63, 3.8) is 0 Å². The first-order valence-corrected chi connectivity index (χ1v) is 7.21. The zero-order valence-corrected chi connectivity index (χ0v) is 12.1. The average Bonchev–Trinajstić information content (AvgIpc) is 2.99. The molecule has 0 radical (unpaired) electrons. The van der Waals surface area contributed by atoms with Crippen molar-refractivity contribution in [1.82, 2.24) is 9.74 Å². The van der Waals surface area contributed by atoms with Crippen molar-refractivity contribution in [3.8, 4) is 0 Å². The quantitative estimate of drug-likeness (QED) is 0.793. The van der Waals surface area contributed by atoms with Crippen LogP contribution in [0.5, 0.6) is 0 Å². The number of hydrogen-bond donors (Lipinski definition) is 2. The van der Waals surface area contributed by atoms with Gasteiger partial charge in [0.2, 0.25) is 0 Å². The Morgan fingerprint density at radius 3 is 2.45 bits per heavy atom. The Kier molecular flexibility index (Phi) is 5.40. The molecule has 1 aromatic carbocycles. The third-order valence-electron chi connectivity index (χ3n) is 3.89. The molecule has 5 heteroatoms. The SMILES string of the molecule is C=C(C(NCl)C(CO)c1ccc(F)cc1)N1CCCC1. The van der Waals surface area contributed by atoms with E-state index >= 15 is 0 Å². The molecule has 1 aliphatic heterocycles. The fraction of sp³-hybridized carbons (Fsp3) is 0.467. The van der Waals surface area contributed by atoms with Crippen molar-refractivity contribution in [3.05, 3.63) is 47.9 Å². The van der Waals surface area contributed by atoms with E-state index in [4.69, 9.17) is 11.8 Å². The Bertz CT molecular complexity index is 446. The summed E-state index contributed by atoms with van der Waals surface area (Å²) in [5, 5.41) is 9.69.